The minimum absolute atomic E-state index is 0.0596. The minimum atomic E-state index is -1.03. The predicted molar refractivity (Wildman–Crippen MR) is 69.5 cm³/mol. The number of carbonyl (C=O) groups is 2. The summed E-state index contributed by atoms with van der Waals surface area (Å²) in [5.41, 5.74) is 1.22. The first-order valence-corrected chi connectivity index (χ1v) is 6.06. The van der Waals surface area contributed by atoms with Crippen molar-refractivity contribution in [3.8, 4) is 5.75 Å². The van der Waals surface area contributed by atoms with E-state index in [-0.39, 0.29) is 12.4 Å². The van der Waals surface area contributed by atoms with Gasteiger partial charge in [-0.1, -0.05) is 0 Å². The van der Waals surface area contributed by atoms with Crippen LogP contribution in [0.3, 0.4) is 0 Å². The quantitative estimate of drug-likeness (QED) is 0.766. The second-order valence-electron chi connectivity index (χ2n) is 4.10. The lowest BCUT2D eigenvalue weighted by Crippen LogP contribution is -2.19. The summed E-state index contributed by atoms with van der Waals surface area (Å²) in [6, 6.07) is 5.05. The maximum absolute atomic E-state index is 11.3. The van der Waals surface area contributed by atoms with Gasteiger partial charge in [0.05, 0.1) is 13.2 Å². The summed E-state index contributed by atoms with van der Waals surface area (Å²) in [4.78, 5) is 22.0. The molecule has 0 saturated carbocycles. The van der Waals surface area contributed by atoms with Crippen molar-refractivity contribution in [2.75, 3.05) is 6.61 Å². The van der Waals surface area contributed by atoms with Crippen molar-refractivity contribution in [2.24, 2.45) is 0 Å². The number of rotatable bonds is 7. The van der Waals surface area contributed by atoms with Crippen LogP contribution in [0.1, 0.15) is 36.7 Å². The Morgan fingerprint density at radius 1 is 1.37 bits per heavy atom. The molecule has 0 aliphatic rings. The lowest BCUT2D eigenvalue weighted by molar-refractivity contribution is -0.149. The molecule has 0 saturated heterocycles. The molecule has 0 fully saturated rings. The van der Waals surface area contributed by atoms with E-state index < -0.39 is 12.1 Å². The van der Waals surface area contributed by atoms with Gasteiger partial charge in [-0.3, -0.25) is 4.79 Å². The zero-order valence-corrected chi connectivity index (χ0v) is 11.3. The Bertz CT molecular complexity index is 467. The lowest BCUT2D eigenvalue weighted by Gasteiger charge is -2.13. The maximum Gasteiger partial charge on any atom is 0.332 e. The summed E-state index contributed by atoms with van der Waals surface area (Å²) in [6.45, 7) is 5.35. The van der Waals surface area contributed by atoms with E-state index in [0.29, 0.717) is 23.5 Å². The number of aliphatic carboxylic acids is 1. The molecule has 1 atom stereocenters. The van der Waals surface area contributed by atoms with Crippen molar-refractivity contribution >= 4 is 11.8 Å². The van der Waals surface area contributed by atoms with Gasteiger partial charge in [-0.05, 0) is 39.0 Å². The summed E-state index contributed by atoms with van der Waals surface area (Å²) in [5, 5.41) is 8.77. The molecule has 5 heteroatoms. The number of hydrogen-bond donors (Lipinski definition) is 1. The minimum Gasteiger partial charge on any atom is -0.494 e. The Labute approximate surface area is 112 Å². The van der Waals surface area contributed by atoms with E-state index in [1.54, 1.807) is 18.2 Å². The third-order valence-corrected chi connectivity index (χ3v) is 2.60. The number of carboxylic acid groups (broad SMARTS) is 1. The highest BCUT2D eigenvalue weighted by Gasteiger charge is 2.14. The highest BCUT2D eigenvalue weighted by molar-refractivity contribution is 5.94. The Kier molecular flexibility index (Phi) is 5.51. The average molecular weight is 266 g/mol. The zero-order valence-electron chi connectivity index (χ0n) is 11.3. The van der Waals surface area contributed by atoms with Crippen LogP contribution < -0.4 is 4.74 Å². The van der Waals surface area contributed by atoms with E-state index in [9.17, 15) is 9.59 Å². The fraction of sp³-hybridized carbons (Fsp3) is 0.429. The van der Waals surface area contributed by atoms with E-state index in [1.165, 1.54) is 13.8 Å². The zero-order chi connectivity index (χ0) is 14.4. The van der Waals surface area contributed by atoms with Crippen LogP contribution in [0.5, 0.6) is 5.75 Å². The molecule has 5 nitrogen and oxygen atoms in total. The molecule has 0 bridgehead atoms. The lowest BCUT2D eigenvalue weighted by atomic mass is 10.1. The summed E-state index contributed by atoms with van der Waals surface area (Å²) < 4.78 is 10.6. The van der Waals surface area contributed by atoms with Gasteiger partial charge >= 0.3 is 5.97 Å². The van der Waals surface area contributed by atoms with Gasteiger partial charge in [-0.15, -0.1) is 0 Å². The fourth-order valence-corrected chi connectivity index (χ4v) is 1.49. The van der Waals surface area contributed by atoms with Crippen molar-refractivity contribution in [1.82, 2.24) is 0 Å². The summed E-state index contributed by atoms with van der Waals surface area (Å²) in [7, 11) is 0. The van der Waals surface area contributed by atoms with Gasteiger partial charge in [-0.25, -0.2) is 4.79 Å². The highest BCUT2D eigenvalue weighted by Crippen LogP contribution is 2.22. The summed E-state index contributed by atoms with van der Waals surface area (Å²) in [6.07, 6.45) is -0.907. The molecule has 1 aromatic rings. The van der Waals surface area contributed by atoms with Crippen LogP contribution in [0.25, 0.3) is 0 Å². The first-order chi connectivity index (χ1) is 8.95. The number of ketones is 1. The van der Waals surface area contributed by atoms with E-state index >= 15 is 0 Å². The van der Waals surface area contributed by atoms with E-state index in [0.717, 1.165) is 0 Å². The van der Waals surface area contributed by atoms with Crippen LogP contribution in [0.4, 0.5) is 0 Å². The Hall–Kier alpha value is -1.88. The summed E-state index contributed by atoms with van der Waals surface area (Å²) >= 11 is 0. The second-order valence-corrected chi connectivity index (χ2v) is 4.10. The molecular weight excluding hydrogens is 248 g/mol. The van der Waals surface area contributed by atoms with E-state index in [4.69, 9.17) is 14.6 Å². The first-order valence-electron chi connectivity index (χ1n) is 6.06. The number of hydrogen-bond acceptors (Lipinski definition) is 4. The molecule has 0 heterocycles. The molecule has 0 aliphatic carbocycles. The van der Waals surface area contributed by atoms with Gasteiger partial charge in [-0.2, -0.15) is 0 Å². The summed E-state index contributed by atoms with van der Waals surface area (Å²) in [5.74, 6) is -0.485. The van der Waals surface area contributed by atoms with Crippen LogP contribution in [-0.4, -0.2) is 29.6 Å². The number of benzene rings is 1. The number of Topliss-reactive ketones (excluding diaryl/α,β-unsaturated/α-hetero) is 1. The number of ether oxygens (including phenoxy) is 2. The Morgan fingerprint density at radius 2 is 2.05 bits per heavy atom. The normalized spacial score (nSPS) is 11.9. The van der Waals surface area contributed by atoms with Gasteiger partial charge in [0.1, 0.15) is 5.75 Å². The van der Waals surface area contributed by atoms with Gasteiger partial charge in [0.25, 0.3) is 0 Å². The topological polar surface area (TPSA) is 72.8 Å². The Balaban J connectivity index is 2.90. The second kappa shape index (κ2) is 6.89. The third kappa shape index (κ3) is 4.37. The predicted octanol–water partition coefficient (Wildman–Crippen LogP) is 2.28. The third-order valence-electron chi connectivity index (χ3n) is 2.60. The monoisotopic (exact) mass is 266 g/mol. The molecule has 0 radical (unpaired) electrons. The smallest absolute Gasteiger partial charge is 0.332 e. The van der Waals surface area contributed by atoms with Crippen molar-refractivity contribution in [3.63, 3.8) is 0 Å². The van der Waals surface area contributed by atoms with Gasteiger partial charge in [0.2, 0.25) is 0 Å². The molecule has 0 aromatic heterocycles. The van der Waals surface area contributed by atoms with E-state index in [1.807, 2.05) is 6.92 Å². The molecule has 1 N–H and O–H groups in total. The Morgan fingerprint density at radius 3 is 2.58 bits per heavy atom. The molecule has 0 amide bonds. The molecule has 0 spiro atoms. The van der Waals surface area contributed by atoms with Crippen LogP contribution in [0, 0.1) is 0 Å². The molecular formula is C14H18O5. The molecule has 19 heavy (non-hydrogen) atoms. The molecule has 1 unspecified atom stereocenters. The fourth-order valence-electron chi connectivity index (χ4n) is 1.49. The van der Waals surface area contributed by atoms with Crippen molar-refractivity contribution in [1.29, 1.82) is 0 Å². The maximum atomic E-state index is 11.3. The van der Waals surface area contributed by atoms with E-state index in [2.05, 4.69) is 0 Å². The van der Waals surface area contributed by atoms with Crippen molar-refractivity contribution < 1.29 is 24.2 Å². The van der Waals surface area contributed by atoms with Gasteiger partial charge in [0, 0.05) is 11.1 Å². The standard InChI is InChI=1S/C14H18O5/c1-4-18-13-6-5-11(9(2)15)7-12(13)8-19-10(3)14(16)17/h5-7,10H,4,8H2,1-3H3,(H,16,17). The highest BCUT2D eigenvalue weighted by atomic mass is 16.5. The van der Waals surface area contributed by atoms with Crippen LogP contribution in [0.2, 0.25) is 0 Å². The molecule has 1 aromatic carbocycles. The van der Waals surface area contributed by atoms with Crippen molar-refractivity contribution in [2.45, 2.75) is 33.5 Å². The molecule has 104 valence electrons. The average Bonchev–Trinajstić information content (AvgIpc) is 2.37. The molecule has 0 aliphatic heterocycles. The van der Waals surface area contributed by atoms with Crippen LogP contribution >= 0.6 is 0 Å². The molecule has 1 rings (SSSR count). The van der Waals surface area contributed by atoms with Gasteiger partial charge in [0.15, 0.2) is 11.9 Å². The van der Waals surface area contributed by atoms with Gasteiger partial charge < -0.3 is 14.6 Å². The van der Waals surface area contributed by atoms with Crippen LogP contribution in [0.15, 0.2) is 18.2 Å². The number of carbonyl (C=O) groups excluding carboxylic acids is 1. The number of carboxylic acids is 1. The SMILES string of the molecule is CCOc1ccc(C(C)=O)cc1COC(C)C(=O)O. The van der Waals surface area contributed by atoms with Crippen LogP contribution in [-0.2, 0) is 16.1 Å². The van der Waals surface area contributed by atoms with Crippen molar-refractivity contribution in [3.05, 3.63) is 29.3 Å². The largest absolute Gasteiger partial charge is 0.494 e. The first kappa shape index (κ1) is 15.2.